The lowest BCUT2D eigenvalue weighted by molar-refractivity contribution is 0.497. The van der Waals surface area contributed by atoms with Gasteiger partial charge in [-0.05, 0) is 58.5 Å². The van der Waals surface area contributed by atoms with Gasteiger partial charge >= 0.3 is 0 Å². The van der Waals surface area contributed by atoms with E-state index in [1.54, 1.807) is 6.07 Å². The molecule has 5 heteroatoms. The number of aryl methyl sites for hydroxylation is 1. The average Bonchev–Trinajstić information content (AvgIpc) is 2.80. The van der Waals surface area contributed by atoms with E-state index < -0.39 is 33.9 Å². The van der Waals surface area contributed by atoms with Crippen LogP contribution in [-0.2, 0) is 6.42 Å². The second kappa shape index (κ2) is 9.33. The van der Waals surface area contributed by atoms with Gasteiger partial charge in [0, 0.05) is 11.1 Å². The molecule has 0 radical (unpaired) electrons. The summed E-state index contributed by atoms with van der Waals surface area (Å²) in [5, 5.41) is 1.18. The Morgan fingerprint density at radius 1 is 0.656 bits per heavy atom. The summed E-state index contributed by atoms with van der Waals surface area (Å²) in [6.45, 7) is 2.18. The predicted octanol–water partition coefficient (Wildman–Crippen LogP) is 9.12. The van der Waals surface area contributed by atoms with Crippen LogP contribution in [0, 0.1) is 23.3 Å². The zero-order valence-electron chi connectivity index (χ0n) is 17.5. The van der Waals surface area contributed by atoms with Crippen LogP contribution in [0.3, 0.4) is 0 Å². The van der Waals surface area contributed by atoms with Crippen LogP contribution in [0.15, 0.2) is 60.7 Å². The maximum absolute atomic E-state index is 14.8. The maximum Gasteiger partial charge on any atom is 0.181 e. The van der Waals surface area contributed by atoms with Crippen molar-refractivity contribution in [1.29, 1.82) is 0 Å². The molecular weight excluding hydrogens is 436 g/mol. The molecule has 0 aliphatic rings. The number of halogens is 5. The molecule has 4 aromatic rings. The van der Waals surface area contributed by atoms with Crippen molar-refractivity contribution in [3.05, 3.63) is 94.5 Å². The van der Waals surface area contributed by atoms with E-state index >= 15 is 0 Å². The Balaban J connectivity index is 1.66. The number of benzene rings is 4. The van der Waals surface area contributed by atoms with Crippen LogP contribution in [0.25, 0.3) is 33.0 Å². The summed E-state index contributed by atoms with van der Waals surface area (Å²) in [7, 11) is 0. The van der Waals surface area contributed by atoms with Crippen LogP contribution >= 0.6 is 11.6 Å². The summed E-state index contributed by atoms with van der Waals surface area (Å²) in [6.07, 6.45) is 4.59. The molecule has 0 heterocycles. The summed E-state index contributed by atoms with van der Waals surface area (Å²) in [5.41, 5.74) is 1.91. The first-order chi connectivity index (χ1) is 15.4. The molecule has 0 amide bonds. The molecule has 0 aliphatic heterocycles. The molecule has 0 fully saturated rings. The van der Waals surface area contributed by atoms with E-state index in [-0.39, 0.29) is 5.56 Å². The third kappa shape index (κ3) is 4.37. The Hall–Kier alpha value is -2.85. The molecule has 0 nitrogen and oxygen atoms in total. The first-order valence-corrected chi connectivity index (χ1v) is 10.9. The van der Waals surface area contributed by atoms with E-state index in [2.05, 4.69) is 25.1 Å². The van der Waals surface area contributed by atoms with E-state index in [1.807, 2.05) is 18.2 Å². The first-order valence-electron chi connectivity index (χ1n) is 10.5. The fourth-order valence-corrected chi connectivity index (χ4v) is 4.03. The van der Waals surface area contributed by atoms with Gasteiger partial charge in [0.05, 0.1) is 0 Å². The Morgan fingerprint density at radius 3 is 2.09 bits per heavy atom. The summed E-state index contributed by atoms with van der Waals surface area (Å²) in [5.74, 6) is -4.85. The second-order valence-corrected chi connectivity index (χ2v) is 8.27. The highest BCUT2D eigenvalue weighted by Gasteiger charge is 2.20. The lowest BCUT2D eigenvalue weighted by Gasteiger charge is -2.11. The molecule has 164 valence electrons. The van der Waals surface area contributed by atoms with Crippen molar-refractivity contribution < 1.29 is 17.6 Å². The molecule has 0 aromatic heterocycles. The van der Waals surface area contributed by atoms with Gasteiger partial charge < -0.3 is 0 Å². The van der Waals surface area contributed by atoms with E-state index in [9.17, 15) is 17.6 Å². The van der Waals surface area contributed by atoms with Gasteiger partial charge in [-0.1, -0.05) is 73.8 Å². The van der Waals surface area contributed by atoms with Gasteiger partial charge in [0.25, 0.3) is 0 Å². The molecule has 0 aliphatic carbocycles. The van der Waals surface area contributed by atoms with Crippen LogP contribution in [0.2, 0.25) is 5.02 Å². The van der Waals surface area contributed by atoms with Gasteiger partial charge in [0.1, 0.15) is 16.7 Å². The van der Waals surface area contributed by atoms with Gasteiger partial charge in [0.15, 0.2) is 11.6 Å². The molecule has 0 atom stereocenters. The van der Waals surface area contributed by atoms with Crippen molar-refractivity contribution in [3.63, 3.8) is 0 Å². The monoisotopic (exact) mass is 456 g/mol. The molecule has 0 spiro atoms. The highest BCUT2D eigenvalue weighted by molar-refractivity contribution is 6.31. The number of hydrogen-bond donors (Lipinski definition) is 0. The number of hydrogen-bond acceptors (Lipinski definition) is 0. The van der Waals surface area contributed by atoms with Gasteiger partial charge in [0.2, 0.25) is 0 Å². The van der Waals surface area contributed by atoms with E-state index in [1.165, 1.54) is 30.5 Å². The number of fused-ring (bicyclic) bond motifs is 1. The second-order valence-electron chi connectivity index (χ2n) is 7.90. The van der Waals surface area contributed by atoms with Gasteiger partial charge in [-0.2, -0.15) is 0 Å². The van der Waals surface area contributed by atoms with Crippen LogP contribution in [0.5, 0.6) is 0 Å². The van der Waals surface area contributed by atoms with Crippen molar-refractivity contribution in [3.8, 4) is 22.3 Å². The molecular formula is C27H21ClF4. The third-order valence-electron chi connectivity index (χ3n) is 5.67. The Labute approximate surface area is 189 Å². The fraction of sp³-hybridized carbons (Fsp3) is 0.185. The SMILES string of the molecule is CCCCCc1ccc2cc(-c3ccc(-c4cc(F)c(Cl)c(F)c4F)c(F)c3)ccc2c1. The largest absolute Gasteiger partial charge is 0.206 e. The van der Waals surface area contributed by atoms with Crippen molar-refractivity contribution in [2.45, 2.75) is 32.6 Å². The lowest BCUT2D eigenvalue weighted by Crippen LogP contribution is -1.97. The molecule has 4 aromatic carbocycles. The van der Waals surface area contributed by atoms with Crippen LogP contribution in [0.4, 0.5) is 17.6 Å². The van der Waals surface area contributed by atoms with Crippen molar-refractivity contribution in [2.75, 3.05) is 0 Å². The highest BCUT2D eigenvalue weighted by Crippen LogP contribution is 2.34. The van der Waals surface area contributed by atoms with Gasteiger partial charge in [-0.15, -0.1) is 0 Å². The lowest BCUT2D eigenvalue weighted by atomic mass is 9.96. The van der Waals surface area contributed by atoms with Gasteiger partial charge in [-0.3, -0.25) is 0 Å². The molecule has 0 saturated heterocycles. The topological polar surface area (TPSA) is 0 Å². The molecule has 0 N–H and O–H groups in total. The minimum absolute atomic E-state index is 0.238. The van der Waals surface area contributed by atoms with Crippen LogP contribution < -0.4 is 0 Å². The van der Waals surface area contributed by atoms with Crippen molar-refractivity contribution in [2.24, 2.45) is 0 Å². The normalized spacial score (nSPS) is 11.3. The summed E-state index contributed by atoms with van der Waals surface area (Å²) in [6, 6.07) is 17.0. The minimum atomic E-state index is -1.53. The quantitative estimate of drug-likeness (QED) is 0.117. The number of unbranched alkanes of at least 4 members (excludes halogenated alkanes) is 2. The molecule has 0 saturated carbocycles. The third-order valence-corrected chi connectivity index (χ3v) is 6.02. The molecule has 4 rings (SSSR count). The smallest absolute Gasteiger partial charge is 0.181 e. The van der Waals surface area contributed by atoms with E-state index in [0.717, 1.165) is 29.2 Å². The first kappa shape index (κ1) is 22.3. The zero-order valence-corrected chi connectivity index (χ0v) is 18.2. The Bertz CT molecular complexity index is 1300. The van der Waals surface area contributed by atoms with E-state index in [4.69, 9.17) is 11.6 Å². The summed E-state index contributed by atoms with van der Waals surface area (Å²) in [4.78, 5) is 0. The van der Waals surface area contributed by atoms with Crippen LogP contribution in [-0.4, -0.2) is 0 Å². The average molecular weight is 457 g/mol. The predicted molar refractivity (Wildman–Crippen MR) is 123 cm³/mol. The molecule has 0 unspecified atom stereocenters. The number of rotatable bonds is 6. The standard InChI is InChI=1S/C27H21ClF4/c1-2-3-4-5-16-6-7-18-13-19(9-8-17(18)12-16)20-10-11-21(23(29)14-20)22-15-24(30)25(28)27(32)26(22)31/h6-15H,2-5H2,1H3. The van der Waals surface area contributed by atoms with Gasteiger partial charge in [-0.25, -0.2) is 17.6 Å². The molecule has 32 heavy (non-hydrogen) atoms. The highest BCUT2D eigenvalue weighted by atomic mass is 35.5. The maximum atomic E-state index is 14.8. The fourth-order valence-electron chi connectivity index (χ4n) is 3.89. The summed E-state index contributed by atoms with van der Waals surface area (Å²) < 4.78 is 56.7. The van der Waals surface area contributed by atoms with Crippen molar-refractivity contribution in [1.82, 2.24) is 0 Å². The Morgan fingerprint density at radius 2 is 1.34 bits per heavy atom. The van der Waals surface area contributed by atoms with Crippen LogP contribution in [0.1, 0.15) is 31.7 Å². The van der Waals surface area contributed by atoms with E-state index in [0.29, 0.717) is 11.6 Å². The molecule has 0 bridgehead atoms. The zero-order chi connectivity index (χ0) is 22.8. The van der Waals surface area contributed by atoms with Crippen molar-refractivity contribution >= 4 is 22.4 Å². The minimum Gasteiger partial charge on any atom is -0.206 e. The Kier molecular flexibility index (Phi) is 6.52. The summed E-state index contributed by atoms with van der Waals surface area (Å²) >= 11 is 5.39.